The van der Waals surface area contributed by atoms with Crippen molar-refractivity contribution in [2.75, 3.05) is 0 Å². The number of rotatable bonds is 4. The molecule has 5 nitrogen and oxygen atoms in total. The van der Waals surface area contributed by atoms with Gasteiger partial charge in [0.1, 0.15) is 0 Å². The van der Waals surface area contributed by atoms with Gasteiger partial charge >= 0.3 is 0 Å². The number of benzene rings is 1. The van der Waals surface area contributed by atoms with Crippen LogP contribution in [0.4, 0.5) is 0 Å². The molecule has 2 aliphatic heterocycles. The van der Waals surface area contributed by atoms with Crippen LogP contribution in [0.5, 0.6) is 0 Å². The fraction of sp³-hybridized carbons (Fsp3) is 0.647. The van der Waals surface area contributed by atoms with Crippen LogP contribution >= 0.6 is 0 Å². The first kappa shape index (κ1) is 15.9. The van der Waals surface area contributed by atoms with Crippen LogP contribution in [0.1, 0.15) is 51.5 Å². The molecule has 2 bridgehead atoms. The van der Waals surface area contributed by atoms with E-state index in [0.29, 0.717) is 0 Å². The molecule has 122 valence electrons. The van der Waals surface area contributed by atoms with E-state index in [2.05, 4.69) is 13.8 Å². The smallest absolute Gasteiger partial charge is 0.230 e. The highest BCUT2D eigenvalue weighted by Gasteiger charge is 2.45. The van der Waals surface area contributed by atoms with Crippen molar-refractivity contribution in [1.29, 1.82) is 0 Å². The van der Waals surface area contributed by atoms with Crippen molar-refractivity contribution in [3.63, 3.8) is 0 Å². The van der Waals surface area contributed by atoms with Crippen LogP contribution in [-0.4, -0.2) is 12.6 Å². The fourth-order valence-corrected chi connectivity index (χ4v) is 3.00. The third kappa shape index (κ3) is 3.19. The van der Waals surface area contributed by atoms with E-state index >= 15 is 0 Å². The maximum absolute atomic E-state index is 6.00. The van der Waals surface area contributed by atoms with E-state index in [1.54, 1.807) is 0 Å². The van der Waals surface area contributed by atoms with E-state index in [0.717, 1.165) is 37.7 Å². The van der Waals surface area contributed by atoms with Crippen molar-refractivity contribution in [3.8, 4) is 0 Å². The van der Waals surface area contributed by atoms with Crippen LogP contribution in [0.3, 0.4) is 0 Å². The molecule has 5 heteroatoms. The second-order valence-corrected chi connectivity index (χ2v) is 5.88. The second-order valence-electron chi connectivity index (χ2n) is 5.88. The number of ether oxygens (including phenoxy) is 1. The van der Waals surface area contributed by atoms with E-state index in [-0.39, 0.29) is 5.92 Å². The van der Waals surface area contributed by atoms with Gasteiger partial charge in [-0.25, -0.2) is 4.89 Å². The molecule has 0 aliphatic carbocycles. The zero-order chi connectivity index (χ0) is 15.4. The predicted molar refractivity (Wildman–Crippen MR) is 79.0 cm³/mol. The van der Waals surface area contributed by atoms with Gasteiger partial charge in [-0.1, -0.05) is 44.2 Å². The third-order valence-corrected chi connectivity index (χ3v) is 4.45. The van der Waals surface area contributed by atoms with E-state index in [9.17, 15) is 0 Å². The first-order valence-electron chi connectivity index (χ1n) is 8.17. The van der Waals surface area contributed by atoms with Gasteiger partial charge in [-0.3, -0.25) is 0 Å². The van der Waals surface area contributed by atoms with Gasteiger partial charge in [-0.2, -0.15) is 14.7 Å². The van der Waals surface area contributed by atoms with Gasteiger partial charge < -0.3 is 4.74 Å². The van der Waals surface area contributed by atoms with Gasteiger partial charge in [0.15, 0.2) is 6.29 Å². The topological polar surface area (TPSA) is 46.2 Å². The molecule has 3 atom stereocenters. The van der Waals surface area contributed by atoms with Gasteiger partial charge in [0, 0.05) is 24.3 Å². The molecular formula is C17H24O5. The monoisotopic (exact) mass is 308 g/mol. The molecule has 0 aromatic heterocycles. The third-order valence-electron chi connectivity index (χ3n) is 4.45. The maximum Gasteiger partial charge on any atom is 0.230 e. The van der Waals surface area contributed by atoms with Crippen LogP contribution in [0.25, 0.3) is 0 Å². The molecule has 0 spiro atoms. The van der Waals surface area contributed by atoms with Crippen molar-refractivity contribution in [2.24, 2.45) is 5.92 Å². The van der Waals surface area contributed by atoms with Crippen molar-refractivity contribution < 1.29 is 24.3 Å². The van der Waals surface area contributed by atoms with E-state index in [4.69, 9.17) is 24.3 Å². The molecule has 2 aliphatic rings. The molecule has 1 aromatic rings. The Balaban J connectivity index is 1.83. The molecule has 0 radical (unpaired) electrons. The minimum atomic E-state index is -0.918. The lowest BCUT2D eigenvalue weighted by Crippen LogP contribution is -2.46. The normalized spacial score (nSPS) is 32.5. The highest BCUT2D eigenvalue weighted by Crippen LogP contribution is 2.41. The minimum absolute atomic E-state index is 0.214. The standard InChI is InChI=1S/C17H24O5/c1-3-13(4-2)16-20-19-15-11-8-12-17(18-15,22-21-16)14-9-6-5-7-10-14/h5-7,9-10,13,15-16H,3-4,8,11-12H2,1-2H3/t15-,16?,17-/m0/s1. The van der Waals surface area contributed by atoms with Crippen molar-refractivity contribution in [1.82, 2.24) is 0 Å². The summed E-state index contributed by atoms with van der Waals surface area (Å²) in [7, 11) is 0. The largest absolute Gasteiger partial charge is 0.311 e. The Labute approximate surface area is 131 Å². The lowest BCUT2D eigenvalue weighted by atomic mass is 9.97. The quantitative estimate of drug-likeness (QED) is 0.786. The molecular weight excluding hydrogens is 284 g/mol. The van der Waals surface area contributed by atoms with E-state index in [1.165, 1.54) is 0 Å². The predicted octanol–water partition coefficient (Wildman–Crippen LogP) is 4.04. The molecule has 2 heterocycles. The summed E-state index contributed by atoms with van der Waals surface area (Å²) in [6.45, 7) is 4.20. The summed E-state index contributed by atoms with van der Waals surface area (Å²) in [6.07, 6.45) is 3.31. The number of hydrogen-bond acceptors (Lipinski definition) is 5. The van der Waals surface area contributed by atoms with Crippen LogP contribution in [0.15, 0.2) is 30.3 Å². The molecule has 1 unspecified atom stereocenters. The number of hydrogen-bond donors (Lipinski definition) is 0. The summed E-state index contributed by atoms with van der Waals surface area (Å²) >= 11 is 0. The maximum atomic E-state index is 6.00. The summed E-state index contributed by atoms with van der Waals surface area (Å²) in [5.74, 6) is -0.704. The van der Waals surface area contributed by atoms with E-state index < -0.39 is 18.4 Å². The molecule has 3 rings (SSSR count). The molecule has 2 saturated heterocycles. The summed E-state index contributed by atoms with van der Waals surface area (Å²) in [6, 6.07) is 9.88. The lowest BCUT2D eigenvalue weighted by Gasteiger charge is -2.42. The van der Waals surface area contributed by atoms with Crippen molar-refractivity contribution in [2.45, 2.75) is 64.3 Å². The average molecular weight is 308 g/mol. The summed E-state index contributed by atoms with van der Waals surface area (Å²) < 4.78 is 6.00. The highest BCUT2D eigenvalue weighted by atomic mass is 17.3. The van der Waals surface area contributed by atoms with Crippen LogP contribution in [0.2, 0.25) is 0 Å². The van der Waals surface area contributed by atoms with Crippen LogP contribution in [0, 0.1) is 5.92 Å². The molecule has 22 heavy (non-hydrogen) atoms. The summed E-state index contributed by atoms with van der Waals surface area (Å²) in [5, 5.41) is 0. The zero-order valence-corrected chi connectivity index (χ0v) is 13.2. The Morgan fingerprint density at radius 1 is 1.09 bits per heavy atom. The average Bonchev–Trinajstić information content (AvgIpc) is 2.57. The molecule has 1 aromatic carbocycles. The highest BCUT2D eigenvalue weighted by molar-refractivity contribution is 5.20. The van der Waals surface area contributed by atoms with Crippen molar-refractivity contribution in [3.05, 3.63) is 35.9 Å². The van der Waals surface area contributed by atoms with Gasteiger partial charge in [0.2, 0.25) is 12.1 Å². The molecule has 0 N–H and O–H groups in total. The molecule has 0 amide bonds. The zero-order valence-electron chi connectivity index (χ0n) is 13.2. The Kier molecular flexibility index (Phi) is 5.10. The van der Waals surface area contributed by atoms with Gasteiger partial charge in [0.05, 0.1) is 0 Å². The summed E-state index contributed by atoms with van der Waals surface area (Å²) in [4.78, 5) is 22.3. The molecule has 2 fully saturated rings. The van der Waals surface area contributed by atoms with Crippen LogP contribution in [-0.2, 0) is 30.1 Å². The van der Waals surface area contributed by atoms with Crippen molar-refractivity contribution >= 4 is 0 Å². The number of fused-ring (bicyclic) bond motifs is 2. The van der Waals surface area contributed by atoms with E-state index in [1.807, 2.05) is 30.3 Å². The minimum Gasteiger partial charge on any atom is -0.311 e. The first-order chi connectivity index (χ1) is 10.8. The Bertz CT molecular complexity index is 461. The SMILES string of the molecule is CCC(CC)C1OO[C@H]2CCC[C@@](c3ccccc3)(OO1)O2. The first-order valence-corrected chi connectivity index (χ1v) is 8.17. The van der Waals surface area contributed by atoms with Gasteiger partial charge in [0.25, 0.3) is 0 Å². The lowest BCUT2D eigenvalue weighted by molar-refractivity contribution is -0.594. The van der Waals surface area contributed by atoms with Gasteiger partial charge in [-0.05, 0) is 19.3 Å². The Hall–Kier alpha value is -0.980. The van der Waals surface area contributed by atoms with Crippen LogP contribution < -0.4 is 0 Å². The Morgan fingerprint density at radius 2 is 1.86 bits per heavy atom. The Morgan fingerprint density at radius 3 is 2.59 bits per heavy atom. The molecule has 0 saturated carbocycles. The second kappa shape index (κ2) is 7.06. The van der Waals surface area contributed by atoms with Gasteiger partial charge in [-0.15, -0.1) is 0 Å². The fourth-order valence-electron chi connectivity index (χ4n) is 3.00. The summed E-state index contributed by atoms with van der Waals surface area (Å²) in [5.41, 5.74) is 0.938.